The van der Waals surface area contributed by atoms with Crippen LogP contribution in [0, 0.1) is 6.92 Å². The lowest BCUT2D eigenvalue weighted by molar-refractivity contribution is 0.624. The van der Waals surface area contributed by atoms with E-state index in [1.165, 1.54) is 5.56 Å². The molecule has 6 heteroatoms. The van der Waals surface area contributed by atoms with Crippen LogP contribution in [-0.2, 0) is 13.0 Å². The van der Waals surface area contributed by atoms with Gasteiger partial charge in [0.1, 0.15) is 5.15 Å². The van der Waals surface area contributed by atoms with Crippen LogP contribution < -0.4 is 0 Å². The quantitative estimate of drug-likeness (QED) is 0.525. The van der Waals surface area contributed by atoms with Gasteiger partial charge in [-0.3, -0.25) is 0 Å². The average Bonchev–Trinajstić information content (AvgIpc) is 3.04. The molecule has 0 aliphatic carbocycles. The van der Waals surface area contributed by atoms with Crippen LogP contribution in [0.4, 0.5) is 0 Å². The van der Waals surface area contributed by atoms with E-state index in [2.05, 4.69) is 51.7 Å². The summed E-state index contributed by atoms with van der Waals surface area (Å²) in [6.07, 6.45) is 0.672. The van der Waals surface area contributed by atoms with Crippen LogP contribution in [0.15, 0.2) is 54.6 Å². The van der Waals surface area contributed by atoms with E-state index < -0.39 is 0 Å². The third-order valence-corrected chi connectivity index (χ3v) is 4.45. The van der Waals surface area contributed by atoms with Gasteiger partial charge in [-0.2, -0.15) is 0 Å². The Balaban J connectivity index is 1.66. The second-order valence-corrected chi connectivity index (χ2v) is 6.41. The molecule has 0 fully saturated rings. The van der Waals surface area contributed by atoms with Crippen LogP contribution in [0.25, 0.3) is 10.9 Å². The Morgan fingerprint density at radius 2 is 1.88 bits per heavy atom. The van der Waals surface area contributed by atoms with Gasteiger partial charge < -0.3 is 0 Å². The molecule has 0 unspecified atom stereocenters. The highest BCUT2D eigenvalue weighted by molar-refractivity contribution is 6.30. The minimum Gasteiger partial charge on any atom is -0.236 e. The number of halogens is 1. The van der Waals surface area contributed by atoms with Crippen molar-refractivity contribution in [3.8, 4) is 0 Å². The number of fused-ring (bicyclic) bond motifs is 1. The highest BCUT2D eigenvalue weighted by Gasteiger charge is 2.11. The normalized spacial score (nSPS) is 11.1. The molecule has 4 rings (SSSR count). The topological polar surface area (TPSA) is 56.5 Å². The lowest BCUT2D eigenvalue weighted by Crippen LogP contribution is -2.08. The standard InChI is InChI=1S/C19H16ClN5/c1-13-7-8-17-15(9-13)11-16(19(20)21-17)12-25-18(22-23-24-25)10-14-5-3-2-4-6-14/h2-9,11H,10,12H2,1H3. The maximum absolute atomic E-state index is 6.38. The first kappa shape index (κ1) is 15.7. The maximum atomic E-state index is 6.38. The van der Waals surface area contributed by atoms with E-state index in [-0.39, 0.29) is 0 Å². The average molecular weight is 350 g/mol. The second kappa shape index (κ2) is 6.61. The summed E-state index contributed by atoms with van der Waals surface area (Å²) in [4.78, 5) is 4.49. The van der Waals surface area contributed by atoms with Gasteiger partial charge >= 0.3 is 0 Å². The zero-order chi connectivity index (χ0) is 17.2. The number of benzene rings is 2. The van der Waals surface area contributed by atoms with Crippen LogP contribution in [-0.4, -0.2) is 25.2 Å². The number of tetrazole rings is 1. The Bertz CT molecular complexity index is 1030. The summed E-state index contributed by atoms with van der Waals surface area (Å²) >= 11 is 6.38. The Morgan fingerprint density at radius 3 is 2.72 bits per heavy atom. The summed E-state index contributed by atoms with van der Waals surface area (Å²) in [7, 11) is 0. The molecule has 0 saturated carbocycles. The van der Waals surface area contributed by atoms with Gasteiger partial charge in [0.05, 0.1) is 12.1 Å². The smallest absolute Gasteiger partial charge is 0.156 e. The number of nitrogens with zero attached hydrogens (tertiary/aromatic N) is 5. The molecule has 2 aromatic carbocycles. The van der Waals surface area contributed by atoms with Gasteiger partial charge in [0.25, 0.3) is 0 Å². The number of hydrogen-bond acceptors (Lipinski definition) is 4. The summed E-state index contributed by atoms with van der Waals surface area (Å²) < 4.78 is 1.78. The fourth-order valence-electron chi connectivity index (χ4n) is 2.84. The third kappa shape index (κ3) is 3.37. The van der Waals surface area contributed by atoms with E-state index in [1.54, 1.807) is 4.68 Å². The van der Waals surface area contributed by atoms with E-state index in [1.807, 2.05) is 30.3 Å². The molecule has 124 valence electrons. The van der Waals surface area contributed by atoms with Crippen molar-refractivity contribution in [1.82, 2.24) is 25.2 Å². The summed E-state index contributed by atoms with van der Waals surface area (Å²) in [5.41, 5.74) is 4.15. The van der Waals surface area contributed by atoms with E-state index in [4.69, 9.17) is 11.6 Å². The molecule has 0 aliphatic rings. The van der Waals surface area contributed by atoms with Crippen LogP contribution in [0.2, 0.25) is 5.15 Å². The molecule has 0 amide bonds. The van der Waals surface area contributed by atoms with Crippen molar-refractivity contribution in [3.63, 3.8) is 0 Å². The predicted molar refractivity (Wildman–Crippen MR) is 97.7 cm³/mol. The van der Waals surface area contributed by atoms with E-state index in [9.17, 15) is 0 Å². The Hall–Kier alpha value is -2.79. The number of rotatable bonds is 4. The van der Waals surface area contributed by atoms with Crippen LogP contribution in [0.3, 0.4) is 0 Å². The van der Waals surface area contributed by atoms with Crippen LogP contribution in [0.5, 0.6) is 0 Å². The van der Waals surface area contributed by atoms with E-state index in [0.29, 0.717) is 18.1 Å². The molecule has 0 aliphatic heterocycles. The van der Waals surface area contributed by atoms with Gasteiger partial charge in [0, 0.05) is 17.4 Å². The fourth-order valence-corrected chi connectivity index (χ4v) is 3.04. The summed E-state index contributed by atoms with van der Waals surface area (Å²) in [6.45, 7) is 2.55. The lowest BCUT2D eigenvalue weighted by atomic mass is 10.1. The zero-order valence-electron chi connectivity index (χ0n) is 13.7. The SMILES string of the molecule is Cc1ccc2nc(Cl)c(Cn3nnnc3Cc3ccccc3)cc2c1. The van der Waals surface area contributed by atoms with Gasteiger partial charge in [-0.1, -0.05) is 53.6 Å². The van der Waals surface area contributed by atoms with Crippen molar-refractivity contribution in [2.24, 2.45) is 0 Å². The summed E-state index contributed by atoms with van der Waals surface area (Å²) in [6, 6.07) is 18.3. The predicted octanol–water partition coefficient (Wildman–Crippen LogP) is 3.82. The molecule has 0 radical (unpaired) electrons. The van der Waals surface area contributed by atoms with E-state index in [0.717, 1.165) is 27.9 Å². The Labute approximate surface area is 150 Å². The first-order valence-corrected chi connectivity index (χ1v) is 8.41. The molecular formula is C19H16ClN5. The number of aryl methyl sites for hydroxylation is 1. The molecule has 2 heterocycles. The minimum absolute atomic E-state index is 0.484. The number of pyridine rings is 1. The highest BCUT2D eigenvalue weighted by Crippen LogP contribution is 2.22. The van der Waals surface area contributed by atoms with Gasteiger partial charge in [-0.25, -0.2) is 9.67 Å². The zero-order valence-corrected chi connectivity index (χ0v) is 14.5. The molecule has 4 aromatic rings. The third-order valence-electron chi connectivity index (χ3n) is 4.13. The van der Waals surface area contributed by atoms with Gasteiger partial charge in [-0.05, 0) is 41.1 Å². The molecule has 5 nitrogen and oxygen atoms in total. The Kier molecular flexibility index (Phi) is 4.15. The fraction of sp³-hybridized carbons (Fsp3) is 0.158. The summed E-state index contributed by atoms with van der Waals surface area (Å²) in [5, 5.41) is 13.6. The minimum atomic E-state index is 0.484. The molecule has 0 saturated heterocycles. The first-order chi connectivity index (χ1) is 12.2. The van der Waals surface area contributed by atoms with Gasteiger partial charge in [0.2, 0.25) is 0 Å². The molecule has 0 N–H and O–H groups in total. The molecular weight excluding hydrogens is 334 g/mol. The Morgan fingerprint density at radius 1 is 1.04 bits per heavy atom. The van der Waals surface area contributed by atoms with Crippen LogP contribution >= 0.6 is 11.6 Å². The summed E-state index contributed by atoms with van der Waals surface area (Å²) in [5.74, 6) is 0.798. The van der Waals surface area contributed by atoms with Crippen molar-refractivity contribution in [2.75, 3.05) is 0 Å². The second-order valence-electron chi connectivity index (χ2n) is 6.05. The molecule has 0 atom stereocenters. The van der Waals surface area contributed by atoms with Crippen molar-refractivity contribution >= 4 is 22.5 Å². The van der Waals surface area contributed by atoms with Crippen molar-refractivity contribution in [3.05, 3.63) is 82.3 Å². The van der Waals surface area contributed by atoms with Gasteiger partial charge in [0.15, 0.2) is 5.82 Å². The van der Waals surface area contributed by atoms with Gasteiger partial charge in [-0.15, -0.1) is 5.10 Å². The number of hydrogen-bond donors (Lipinski definition) is 0. The van der Waals surface area contributed by atoms with Crippen molar-refractivity contribution in [2.45, 2.75) is 19.9 Å². The number of aromatic nitrogens is 5. The van der Waals surface area contributed by atoms with Crippen molar-refractivity contribution < 1.29 is 0 Å². The first-order valence-electron chi connectivity index (χ1n) is 8.04. The lowest BCUT2D eigenvalue weighted by Gasteiger charge is -2.08. The largest absolute Gasteiger partial charge is 0.236 e. The highest BCUT2D eigenvalue weighted by atomic mass is 35.5. The molecule has 0 bridgehead atoms. The molecule has 2 aromatic heterocycles. The van der Waals surface area contributed by atoms with Crippen molar-refractivity contribution in [1.29, 1.82) is 0 Å². The maximum Gasteiger partial charge on any atom is 0.156 e. The van der Waals surface area contributed by atoms with E-state index >= 15 is 0 Å². The molecule has 25 heavy (non-hydrogen) atoms. The van der Waals surface area contributed by atoms with Crippen LogP contribution in [0.1, 0.15) is 22.5 Å². The monoisotopic (exact) mass is 349 g/mol. The molecule has 0 spiro atoms.